The van der Waals surface area contributed by atoms with E-state index in [0.29, 0.717) is 11.1 Å². The third-order valence-corrected chi connectivity index (χ3v) is 8.49. The van der Waals surface area contributed by atoms with Crippen LogP contribution in [0.15, 0.2) is 42.5 Å². The van der Waals surface area contributed by atoms with E-state index in [1.807, 2.05) is 77.0 Å². The molecule has 2 aromatic rings. The Morgan fingerprint density at radius 1 is 0.974 bits per heavy atom. The zero-order valence-electron chi connectivity index (χ0n) is 23.6. The molecule has 0 aliphatic carbocycles. The van der Waals surface area contributed by atoms with Gasteiger partial charge in [0.25, 0.3) is 5.91 Å². The summed E-state index contributed by atoms with van der Waals surface area (Å²) in [6.07, 6.45) is 0.0831. The van der Waals surface area contributed by atoms with Crippen LogP contribution in [0.5, 0.6) is 5.75 Å². The van der Waals surface area contributed by atoms with Crippen molar-refractivity contribution in [2.75, 3.05) is 6.61 Å². The molecule has 39 heavy (non-hydrogen) atoms. The summed E-state index contributed by atoms with van der Waals surface area (Å²) in [6.45, 7) is 12.5. The van der Waals surface area contributed by atoms with E-state index in [1.54, 1.807) is 26.8 Å². The second kappa shape index (κ2) is 13.2. The number of hydrogen-bond donors (Lipinski definition) is 2. The first kappa shape index (κ1) is 33.4. The number of aliphatic hydroxyl groups is 1. The lowest BCUT2D eigenvalue weighted by atomic mass is 9.77. The molecule has 2 aromatic carbocycles. The van der Waals surface area contributed by atoms with Gasteiger partial charge in [0.05, 0.1) is 12.0 Å². The molecule has 0 spiro atoms. The normalized spacial score (nSPS) is 12.7. The number of carbonyl (C=O) groups is 2. The molecule has 0 saturated heterocycles. The highest BCUT2D eigenvalue weighted by Crippen LogP contribution is 2.55. The average molecular weight is 600 g/mol. The Morgan fingerprint density at radius 3 is 2.08 bits per heavy atom. The van der Waals surface area contributed by atoms with Crippen molar-refractivity contribution in [3.05, 3.63) is 64.7 Å². The maximum atomic E-state index is 13.6. The molecule has 0 aromatic heterocycles. The lowest BCUT2D eigenvalue weighted by molar-refractivity contribution is -0.153. The first-order valence-corrected chi connectivity index (χ1v) is 14.8. The molecule has 0 saturated carbocycles. The van der Waals surface area contributed by atoms with Gasteiger partial charge in [-0.15, -0.1) is 0 Å². The number of carbonyl (C=O) groups excluding carboxylic acids is 2. The van der Waals surface area contributed by atoms with E-state index in [4.69, 9.17) is 17.9 Å². The summed E-state index contributed by atoms with van der Waals surface area (Å²) in [7, 11) is -0.446. The predicted octanol–water partition coefficient (Wildman–Crippen LogP) is 6.00. The van der Waals surface area contributed by atoms with Crippen molar-refractivity contribution in [1.29, 1.82) is 0 Å². The average Bonchev–Trinajstić information content (AvgIpc) is 2.82. The fourth-order valence-electron chi connectivity index (χ4n) is 4.19. The van der Waals surface area contributed by atoms with Gasteiger partial charge in [-0.25, -0.2) is 4.57 Å². The zero-order valence-corrected chi connectivity index (χ0v) is 26.8. The summed E-state index contributed by atoms with van der Waals surface area (Å²) in [6, 6.07) is 12.5. The van der Waals surface area contributed by atoms with Gasteiger partial charge in [-0.3, -0.25) is 18.2 Å². The maximum absolute atomic E-state index is 13.6. The Labute approximate surface area is 235 Å². The van der Waals surface area contributed by atoms with Crippen LogP contribution in [0.3, 0.4) is 0 Å². The van der Waals surface area contributed by atoms with E-state index in [9.17, 15) is 19.3 Å². The van der Waals surface area contributed by atoms with Crippen molar-refractivity contribution in [2.45, 2.75) is 77.9 Å². The molecule has 9 nitrogen and oxygen atoms in total. The largest absolute Gasteiger partial charge is 0.535 e. The fraction of sp³-hybridized carbons (Fsp3) is 0.481. The molecule has 1 amide bonds. The molecule has 0 fully saturated rings. The predicted molar refractivity (Wildman–Crippen MR) is 157 cm³/mol. The minimum absolute atomic E-state index is 0.0189. The summed E-state index contributed by atoms with van der Waals surface area (Å²) in [5, 5.41) is 12.8. The number of aliphatic hydroxyl groups excluding tert-OH is 1. The van der Waals surface area contributed by atoms with Gasteiger partial charge in [-0.05, 0) is 69.7 Å². The van der Waals surface area contributed by atoms with E-state index < -0.39 is 36.3 Å². The third kappa shape index (κ3) is 9.35. The zero-order chi connectivity index (χ0) is 29.6. The van der Waals surface area contributed by atoms with Crippen LogP contribution in [-0.4, -0.2) is 29.2 Å². The molecule has 2 atom stereocenters. The van der Waals surface area contributed by atoms with Gasteiger partial charge < -0.3 is 19.7 Å². The van der Waals surface area contributed by atoms with Crippen LogP contribution in [0.2, 0.25) is 0 Å². The van der Waals surface area contributed by atoms with Crippen LogP contribution in [-0.2, 0) is 40.1 Å². The quantitative estimate of drug-likeness (QED) is 0.225. The Bertz CT molecular complexity index is 1200. The van der Waals surface area contributed by atoms with Crippen LogP contribution in [0, 0.1) is 0 Å². The van der Waals surface area contributed by atoms with Gasteiger partial charge in [0.2, 0.25) is 0 Å². The van der Waals surface area contributed by atoms with Gasteiger partial charge in [0.15, 0.2) is 0 Å². The number of esters is 1. The Morgan fingerprint density at radius 2 is 1.56 bits per heavy atom. The van der Waals surface area contributed by atoms with Gasteiger partial charge in [-0.2, -0.15) is 0 Å². The topological polar surface area (TPSA) is 120 Å². The van der Waals surface area contributed by atoms with Gasteiger partial charge in [0, 0.05) is 36.7 Å². The molecule has 0 aliphatic heterocycles. The van der Waals surface area contributed by atoms with E-state index in [1.165, 1.54) is 6.07 Å². The van der Waals surface area contributed by atoms with E-state index in [0.717, 1.165) is 5.56 Å². The SMILES string of the molecule is CC(C)(C)OC(=O)Cc1cc(C(=O)NC(C)(C)c2ccccc2)cc(OP(=O)(OP)OP)c1C(C)(C)CCO. The Balaban J connectivity index is 2.73. The molecule has 0 heterocycles. The second-order valence-corrected chi connectivity index (χ2v) is 14.1. The highest BCUT2D eigenvalue weighted by atomic mass is 31.2. The summed E-state index contributed by atoms with van der Waals surface area (Å²) >= 11 is 0. The second-order valence-electron chi connectivity index (χ2n) is 11.3. The maximum Gasteiger partial charge on any atom is 0.535 e. The first-order chi connectivity index (χ1) is 18.0. The van der Waals surface area contributed by atoms with Crippen molar-refractivity contribution in [2.24, 2.45) is 0 Å². The van der Waals surface area contributed by atoms with Crippen molar-refractivity contribution < 1.29 is 37.1 Å². The van der Waals surface area contributed by atoms with Gasteiger partial charge in [-0.1, -0.05) is 44.2 Å². The number of benzene rings is 2. The number of ether oxygens (including phenoxy) is 1. The van der Waals surface area contributed by atoms with Crippen LogP contribution in [0.1, 0.15) is 81.9 Å². The molecular weight excluding hydrogens is 559 g/mol. The molecular formula is C27H40NO8P3. The lowest BCUT2D eigenvalue weighted by Gasteiger charge is -2.31. The summed E-state index contributed by atoms with van der Waals surface area (Å²) in [5.74, 6) is -0.950. The van der Waals surface area contributed by atoms with Crippen LogP contribution < -0.4 is 9.84 Å². The number of rotatable bonds is 12. The molecule has 2 rings (SSSR count). The lowest BCUT2D eigenvalue weighted by Crippen LogP contribution is -2.41. The summed E-state index contributed by atoms with van der Waals surface area (Å²) in [5.41, 5.74) is -0.306. The number of hydrogen-bond acceptors (Lipinski definition) is 8. The van der Waals surface area contributed by atoms with Crippen molar-refractivity contribution in [1.82, 2.24) is 5.32 Å². The van der Waals surface area contributed by atoms with Crippen molar-refractivity contribution in [3.63, 3.8) is 0 Å². The fourth-order valence-corrected chi connectivity index (χ4v) is 5.57. The highest BCUT2D eigenvalue weighted by Gasteiger charge is 2.35. The van der Waals surface area contributed by atoms with E-state index in [-0.39, 0.29) is 30.8 Å². The molecule has 216 valence electrons. The number of nitrogens with one attached hydrogen (secondary N) is 1. The van der Waals surface area contributed by atoms with Crippen molar-refractivity contribution in [3.8, 4) is 5.75 Å². The number of phosphoric acid groups is 1. The van der Waals surface area contributed by atoms with Crippen molar-refractivity contribution >= 4 is 38.6 Å². The van der Waals surface area contributed by atoms with Crippen LogP contribution in [0.4, 0.5) is 0 Å². The molecule has 0 radical (unpaired) electrons. The van der Waals surface area contributed by atoms with Crippen LogP contribution in [0.25, 0.3) is 0 Å². The minimum Gasteiger partial charge on any atom is -0.460 e. The first-order valence-electron chi connectivity index (χ1n) is 12.4. The van der Waals surface area contributed by atoms with Gasteiger partial charge >= 0.3 is 13.8 Å². The van der Waals surface area contributed by atoms with Gasteiger partial charge in [0.1, 0.15) is 11.4 Å². The molecule has 12 heteroatoms. The Kier molecular flexibility index (Phi) is 11.3. The smallest absolute Gasteiger partial charge is 0.460 e. The van der Waals surface area contributed by atoms with E-state index in [2.05, 4.69) is 5.32 Å². The van der Waals surface area contributed by atoms with Crippen LogP contribution >= 0.6 is 26.8 Å². The van der Waals surface area contributed by atoms with E-state index >= 15 is 0 Å². The standard InChI is InChI=1S/C27H40NO8P3/c1-25(2,3)33-22(30)17-18-15-19(24(31)28-27(6,7)20-11-9-8-10-12-20)16-21(34-39(32,35-37)36-38)23(18)26(4,5)13-14-29/h8-12,15-16,29H,13-14,17,37-38H2,1-7H3,(H,28,31). The molecule has 2 unspecified atom stereocenters. The summed E-state index contributed by atoms with van der Waals surface area (Å²) < 4.78 is 34.1. The Hall–Kier alpha value is -1.85. The summed E-state index contributed by atoms with van der Waals surface area (Å²) in [4.78, 5) is 26.5. The molecule has 2 N–H and O–H groups in total. The monoisotopic (exact) mass is 599 g/mol. The molecule has 0 aliphatic rings. The molecule has 0 bridgehead atoms. The minimum atomic E-state index is -4.13. The third-order valence-electron chi connectivity index (χ3n) is 6.00. The highest BCUT2D eigenvalue weighted by molar-refractivity contribution is 7.57. The number of amides is 1.